The average Bonchev–Trinajstić information content (AvgIpc) is 2.98. The molecule has 44 heavy (non-hydrogen) atoms. The number of ether oxygens (including phenoxy) is 2. The van der Waals surface area contributed by atoms with Crippen molar-refractivity contribution in [2.75, 3.05) is 26.8 Å². The van der Waals surface area contributed by atoms with E-state index in [1.165, 1.54) is 148 Å². The maximum Gasteiger partial charge on any atom is 0.225 e. The molecule has 0 saturated heterocycles. The summed E-state index contributed by atoms with van der Waals surface area (Å²) in [6.07, 6.45) is 35.1. The monoisotopic (exact) mass is 624 g/mol. The van der Waals surface area contributed by atoms with E-state index in [4.69, 9.17) is 9.47 Å². The van der Waals surface area contributed by atoms with Crippen molar-refractivity contribution in [1.82, 2.24) is 4.90 Å². The predicted octanol–water partition coefficient (Wildman–Crippen LogP) is 12.6. The van der Waals surface area contributed by atoms with Gasteiger partial charge in [-0.25, -0.2) is 0 Å². The summed E-state index contributed by atoms with van der Waals surface area (Å²) in [5.74, 6) is 0.267. The Labute approximate surface area is 277 Å². The van der Waals surface area contributed by atoms with Gasteiger partial charge in [-0.1, -0.05) is 162 Å². The van der Waals surface area contributed by atoms with Gasteiger partial charge in [0.05, 0.1) is 24.2 Å². The summed E-state index contributed by atoms with van der Waals surface area (Å²) in [5.41, 5.74) is -0.652. The molecule has 0 heterocycles. The van der Waals surface area contributed by atoms with Crippen molar-refractivity contribution in [3.63, 3.8) is 0 Å². The zero-order valence-electron chi connectivity index (χ0n) is 31.4. The van der Waals surface area contributed by atoms with E-state index in [0.717, 1.165) is 32.4 Å². The van der Waals surface area contributed by atoms with E-state index in [1.807, 2.05) is 0 Å². The Morgan fingerprint density at radius 2 is 0.818 bits per heavy atom. The number of unbranched alkanes of at least 4 members (excludes halogenated alkanes) is 23. The van der Waals surface area contributed by atoms with Crippen molar-refractivity contribution in [2.45, 2.75) is 226 Å². The summed E-state index contributed by atoms with van der Waals surface area (Å²) in [7, 11) is 1.75. The van der Waals surface area contributed by atoms with Crippen LogP contribution in [0.2, 0.25) is 0 Å². The number of hydrogen-bond donors (Lipinski definition) is 0. The van der Waals surface area contributed by atoms with Crippen LogP contribution >= 0.6 is 0 Å². The molecule has 0 rings (SSSR count). The van der Waals surface area contributed by atoms with Crippen LogP contribution in [0.15, 0.2) is 0 Å². The second kappa shape index (κ2) is 29.8. The number of carbonyl (C=O) groups excluding carboxylic acids is 1. The lowest BCUT2D eigenvalue weighted by Gasteiger charge is -2.31. The van der Waals surface area contributed by atoms with Gasteiger partial charge in [-0.3, -0.25) is 4.79 Å². The van der Waals surface area contributed by atoms with Gasteiger partial charge in [-0.05, 0) is 47.0 Å². The highest BCUT2D eigenvalue weighted by Gasteiger charge is 2.27. The first-order chi connectivity index (χ1) is 21.2. The van der Waals surface area contributed by atoms with E-state index in [-0.39, 0.29) is 11.5 Å². The Morgan fingerprint density at radius 1 is 0.500 bits per heavy atom. The van der Waals surface area contributed by atoms with Gasteiger partial charge >= 0.3 is 0 Å². The summed E-state index contributed by atoms with van der Waals surface area (Å²) in [6, 6.07) is 0. The van der Waals surface area contributed by atoms with Crippen LogP contribution < -0.4 is 0 Å². The maximum atomic E-state index is 13.5. The van der Waals surface area contributed by atoms with E-state index in [2.05, 4.69) is 46.4 Å². The van der Waals surface area contributed by atoms with Gasteiger partial charge in [-0.2, -0.15) is 0 Å². The lowest BCUT2D eigenvalue weighted by Crippen LogP contribution is -2.39. The van der Waals surface area contributed by atoms with Gasteiger partial charge in [0.2, 0.25) is 5.91 Å². The van der Waals surface area contributed by atoms with Crippen molar-refractivity contribution in [3.8, 4) is 0 Å². The summed E-state index contributed by atoms with van der Waals surface area (Å²) in [5, 5.41) is 0. The largest absolute Gasteiger partial charge is 0.379 e. The van der Waals surface area contributed by atoms with Crippen LogP contribution in [0.1, 0.15) is 215 Å². The number of carbonyl (C=O) groups is 1. The smallest absolute Gasteiger partial charge is 0.225 e. The van der Waals surface area contributed by atoms with E-state index in [0.29, 0.717) is 13.0 Å². The molecule has 4 nitrogen and oxygen atoms in total. The highest BCUT2D eigenvalue weighted by atomic mass is 16.5. The van der Waals surface area contributed by atoms with Crippen LogP contribution in [0.5, 0.6) is 0 Å². The first-order valence-electron chi connectivity index (χ1n) is 19.6. The molecule has 0 bridgehead atoms. The molecular formula is C40H81NO3. The minimum Gasteiger partial charge on any atom is -0.379 e. The minimum absolute atomic E-state index is 0.199. The molecule has 0 aliphatic carbocycles. The third-order valence-corrected chi connectivity index (χ3v) is 9.49. The van der Waals surface area contributed by atoms with Crippen molar-refractivity contribution in [2.24, 2.45) is 0 Å². The van der Waals surface area contributed by atoms with E-state index < -0.39 is 5.60 Å². The molecule has 0 N–H and O–H groups in total. The van der Waals surface area contributed by atoms with E-state index in [9.17, 15) is 4.79 Å². The highest BCUT2D eigenvalue weighted by molar-refractivity contribution is 5.77. The predicted molar refractivity (Wildman–Crippen MR) is 194 cm³/mol. The molecule has 1 amide bonds. The molecule has 0 aliphatic heterocycles. The number of rotatable bonds is 34. The van der Waals surface area contributed by atoms with Crippen molar-refractivity contribution in [3.05, 3.63) is 0 Å². The van der Waals surface area contributed by atoms with Crippen molar-refractivity contribution in [1.29, 1.82) is 0 Å². The fourth-order valence-electron chi connectivity index (χ4n) is 6.03. The molecule has 0 spiro atoms. The Hall–Kier alpha value is -0.610. The van der Waals surface area contributed by atoms with E-state index in [1.54, 1.807) is 7.11 Å². The molecule has 0 unspecified atom stereocenters. The topological polar surface area (TPSA) is 38.8 Å². The number of amides is 1. The molecule has 0 atom stereocenters. The number of methoxy groups -OCH3 is 1. The van der Waals surface area contributed by atoms with Crippen LogP contribution in [-0.4, -0.2) is 48.8 Å². The van der Waals surface area contributed by atoms with Gasteiger partial charge < -0.3 is 14.4 Å². The summed E-state index contributed by atoms with van der Waals surface area (Å²) in [4.78, 5) is 15.6. The lowest BCUT2D eigenvalue weighted by molar-refractivity contribution is -0.138. The van der Waals surface area contributed by atoms with Crippen LogP contribution in [0.4, 0.5) is 0 Å². The minimum atomic E-state index is -0.453. The quantitative estimate of drug-likeness (QED) is 0.0669. The van der Waals surface area contributed by atoms with Gasteiger partial charge in [0, 0.05) is 20.2 Å². The molecule has 0 radical (unpaired) electrons. The zero-order chi connectivity index (χ0) is 32.8. The summed E-state index contributed by atoms with van der Waals surface area (Å²) < 4.78 is 11.7. The summed E-state index contributed by atoms with van der Waals surface area (Å²) in [6.45, 7) is 15.3. The van der Waals surface area contributed by atoms with Gasteiger partial charge in [0.1, 0.15) is 0 Å². The number of nitrogens with zero attached hydrogens (tertiary/aromatic N) is 1. The van der Waals surface area contributed by atoms with Crippen molar-refractivity contribution < 1.29 is 14.3 Å². The molecular weight excluding hydrogens is 542 g/mol. The second-order valence-electron chi connectivity index (χ2n) is 15.0. The average molecular weight is 624 g/mol. The molecule has 0 fully saturated rings. The fourth-order valence-corrected chi connectivity index (χ4v) is 6.03. The molecule has 0 saturated carbocycles. The van der Waals surface area contributed by atoms with Crippen LogP contribution in [0.25, 0.3) is 0 Å². The van der Waals surface area contributed by atoms with Gasteiger partial charge in [0.25, 0.3) is 0 Å². The maximum absolute atomic E-state index is 13.5. The third-order valence-electron chi connectivity index (χ3n) is 9.49. The van der Waals surface area contributed by atoms with Crippen LogP contribution in [0, 0.1) is 0 Å². The molecule has 4 heteroatoms. The molecule has 0 aromatic carbocycles. The Bertz CT molecular complexity index is 618. The first-order valence-corrected chi connectivity index (χ1v) is 19.6. The molecule has 0 aromatic rings. The number of hydrogen-bond acceptors (Lipinski definition) is 3. The van der Waals surface area contributed by atoms with Gasteiger partial charge in [-0.15, -0.1) is 0 Å². The normalized spacial score (nSPS) is 12.2. The molecule has 264 valence electrons. The zero-order valence-corrected chi connectivity index (χ0v) is 31.4. The Balaban J connectivity index is 4.38. The van der Waals surface area contributed by atoms with Crippen LogP contribution in [0.3, 0.4) is 0 Å². The second-order valence-corrected chi connectivity index (χ2v) is 15.0. The standard InChI is InChI=1S/C40H81NO3/c1-8-10-12-14-16-18-20-22-24-26-28-30-32-35-41(34-31-29-27-25-23-21-19-17-15-13-11-9-2)38(42)37-40(5,6)44-36-33-39(3,4)43-7/h8-37H2,1-7H3. The molecule has 0 aromatic heterocycles. The van der Waals surface area contributed by atoms with E-state index >= 15 is 0 Å². The molecule has 0 aliphatic rings. The van der Waals surface area contributed by atoms with Crippen LogP contribution in [-0.2, 0) is 14.3 Å². The highest BCUT2D eigenvalue weighted by Crippen LogP contribution is 2.21. The Morgan fingerprint density at radius 3 is 1.14 bits per heavy atom. The van der Waals surface area contributed by atoms with Gasteiger partial charge in [0.15, 0.2) is 0 Å². The first kappa shape index (κ1) is 43.4. The van der Waals surface area contributed by atoms with Crippen molar-refractivity contribution >= 4 is 5.91 Å². The fraction of sp³-hybridized carbons (Fsp3) is 0.975. The third kappa shape index (κ3) is 28.8. The SMILES string of the molecule is CCCCCCCCCCCCCCCN(CCCCCCCCCCCCCC)C(=O)CC(C)(C)OCCC(C)(C)OC. The summed E-state index contributed by atoms with van der Waals surface area (Å²) >= 11 is 0. The lowest BCUT2D eigenvalue weighted by atomic mass is 10.0. The Kier molecular flexibility index (Phi) is 29.4.